The molecule has 0 saturated carbocycles. The third-order valence-corrected chi connectivity index (χ3v) is 32.4. The van der Waals surface area contributed by atoms with Gasteiger partial charge in [0.05, 0.1) is 33.4 Å². The molecular weight excluding hydrogens is 1840 g/mol. The topological polar surface area (TPSA) is 171 Å². The molecule has 0 bridgehead atoms. The zero-order valence-electron chi connectivity index (χ0n) is 71.6. The van der Waals surface area contributed by atoms with Crippen molar-refractivity contribution < 1.29 is 42.1 Å². The fourth-order valence-corrected chi connectivity index (χ4v) is 23.8. The van der Waals surface area contributed by atoms with Crippen molar-refractivity contribution in [1.82, 2.24) is 57.1 Å². The van der Waals surface area contributed by atoms with E-state index < -0.39 is 35.9 Å². The fraction of sp³-hybridized carbons (Fsp3) is 0.265. The van der Waals surface area contributed by atoms with E-state index in [0.717, 1.165) is 101 Å². The molecule has 0 radical (unpaired) electrons. The van der Waals surface area contributed by atoms with Gasteiger partial charge < -0.3 is 19.1 Å². The summed E-state index contributed by atoms with van der Waals surface area (Å²) in [5, 5.41) is 18.4. The molecule has 3 saturated heterocycles. The van der Waals surface area contributed by atoms with Crippen LogP contribution in [0.4, 0.5) is 0 Å². The molecule has 5 aliphatic rings. The Morgan fingerprint density at radius 2 is 0.752 bits per heavy atom. The number of hydrogen-bond donors (Lipinski definition) is 0. The molecular formula is C98H106BBrCl2N12O6P2PdS2. The maximum atomic E-state index is 13.6. The van der Waals surface area contributed by atoms with E-state index >= 15 is 0 Å². The van der Waals surface area contributed by atoms with Gasteiger partial charge in [-0.15, -0.1) is 0 Å². The average Bonchev–Trinajstić information content (AvgIpc) is 1.60. The monoisotopic (exact) mass is 1940 g/mol. The predicted molar refractivity (Wildman–Crippen MR) is 517 cm³/mol. The maximum absolute atomic E-state index is 13.6. The second kappa shape index (κ2) is 43.0. The van der Waals surface area contributed by atoms with E-state index in [2.05, 4.69) is 293 Å². The van der Waals surface area contributed by atoms with E-state index in [1.807, 2.05) is 44.8 Å². The number of likely N-dealkylation sites (N-methyl/N-ethyl adjacent to an activating group) is 2. The Bertz CT molecular complexity index is 5820. The standard InChI is InChI=1S/C28H32N6O2S.2C18H15P.C17H31BN2O2.C17H13BrN4O2S.2ClH.Pd/c1-31-12-14-33(15-13-31)24-10-8-21(9-11-24)22-16-26-27(23-18-30-32(2)19-23)20-34(28(26)29-17-22)37(35,36)25-6-4-3-5-7-25;2*1-4-10-16(11-5-1)19(17-12-6-2-7-13-17)18-14-8-3-9-15-18;1-16(2)17(3,4)22-18(21-16)14-6-8-15(9-7-14)20-12-10-19(5)11-13-20;1-21-10-12(8-20-21)16-11-22(17-15(16)7-13(18)9-19-17)25(23,24)14-5-3-2-4-6-14;;;/h3-8,16-20,24H,9-15H2,1-2H3;2*1-15H;6,15H,7-13H2,1-5H3;2-11H,1H3;2*1H;/q;;;;;;;+2/p-2. The van der Waals surface area contributed by atoms with Gasteiger partial charge in [0.1, 0.15) is 0 Å². The van der Waals surface area contributed by atoms with Crippen LogP contribution in [-0.4, -0.2) is 171 Å². The Morgan fingerprint density at radius 3 is 1.07 bits per heavy atom. The van der Waals surface area contributed by atoms with Gasteiger partial charge in [-0.3, -0.25) is 19.2 Å². The molecule has 0 amide bonds. The molecule has 3 fully saturated rings. The molecule has 14 aromatic rings. The normalized spacial score (nSPS) is 17.5. The van der Waals surface area contributed by atoms with Crippen LogP contribution in [0.5, 0.6) is 0 Å². The molecule has 8 aromatic carbocycles. The minimum absolute atomic E-state index is 0.106. The molecule has 2 atom stereocenters. The van der Waals surface area contributed by atoms with Crippen LogP contribution in [0.1, 0.15) is 71.8 Å². The Hall–Kier alpha value is -8.65. The number of benzene rings is 8. The van der Waals surface area contributed by atoms with Gasteiger partial charge in [0, 0.05) is 153 Å². The molecule has 0 N–H and O–H groups in total. The molecule has 18 nitrogen and oxygen atoms in total. The van der Waals surface area contributed by atoms with Crippen LogP contribution in [0.2, 0.25) is 0 Å². The van der Waals surface area contributed by atoms with E-state index in [9.17, 15) is 16.8 Å². The SMILES string of the molecule is CN1CCN(C2CC=C(B3OC(C)(C)C(C)(C)O3)CC2)CC1.CN1CCN(C2CC=C(c3cnc4c(c3)c(-c3cnn(C)c3)cn4S(=O)(=O)c3ccccc3)CC2)CC1.Cn1cc(-c2cn(S(=O)(=O)c3ccccc3)c3ncc(Br)cc23)cn1.[Cl][Pd][Cl].c1ccc(P(c2ccccc2)c2ccccc2)cc1.c1ccc(P(c2ccccc2)c2ccccc2)cc1. The summed E-state index contributed by atoms with van der Waals surface area (Å²) in [6.07, 6.45) is 25.3. The number of fused-ring (bicyclic) bond motifs is 2. The predicted octanol–water partition coefficient (Wildman–Crippen LogP) is 17.9. The third-order valence-electron chi connectivity index (χ3n) is 23.7. The van der Waals surface area contributed by atoms with Gasteiger partial charge in [-0.05, 0) is 197 Å². The zero-order valence-corrected chi connectivity index (χ0v) is 79.7. The Labute approximate surface area is 764 Å². The van der Waals surface area contributed by atoms with E-state index in [1.165, 1.54) is 83.4 Å². The summed E-state index contributed by atoms with van der Waals surface area (Å²) >= 11 is 3.30. The third kappa shape index (κ3) is 22.9. The van der Waals surface area contributed by atoms with Gasteiger partial charge in [0.15, 0.2) is 11.3 Å². The summed E-state index contributed by atoms with van der Waals surface area (Å²) in [6.45, 7) is 17.9. The van der Waals surface area contributed by atoms with Crippen LogP contribution in [-0.2, 0) is 59.4 Å². The first-order valence-corrected chi connectivity index (χ1v) is 52.4. The largest absolute Gasteiger partial charge is 0.0622 e. The van der Waals surface area contributed by atoms with Crippen molar-refractivity contribution in [2.45, 2.75) is 99.3 Å². The van der Waals surface area contributed by atoms with Crippen molar-refractivity contribution in [2.75, 3.05) is 66.5 Å². The van der Waals surface area contributed by atoms with Crippen molar-refractivity contribution >= 4 is 137 Å². The first kappa shape index (κ1) is 92.5. The molecule has 2 unspecified atom stereocenters. The Balaban J connectivity index is 0.000000129. The molecule has 6 aromatic heterocycles. The number of aromatic nitrogens is 8. The van der Waals surface area contributed by atoms with E-state index in [4.69, 9.17) is 33.4 Å². The average molecular weight is 1940 g/mol. The second-order valence-electron chi connectivity index (χ2n) is 32.6. The van der Waals surface area contributed by atoms with Gasteiger partial charge in [-0.2, -0.15) is 10.2 Å². The quantitative estimate of drug-likeness (QED) is 0.0661. The summed E-state index contributed by atoms with van der Waals surface area (Å²) < 4.78 is 72.4. The summed E-state index contributed by atoms with van der Waals surface area (Å²) in [6, 6.07) is 86.7. The van der Waals surface area contributed by atoms with Crippen molar-refractivity contribution in [3.05, 3.63) is 332 Å². The van der Waals surface area contributed by atoms with Crippen molar-refractivity contribution in [1.29, 1.82) is 0 Å². The number of piperazine rings is 2. The zero-order chi connectivity index (χ0) is 87.7. The van der Waals surface area contributed by atoms with Crippen LogP contribution < -0.4 is 31.8 Å². The van der Waals surface area contributed by atoms with Crippen LogP contribution in [0.3, 0.4) is 0 Å². The van der Waals surface area contributed by atoms with Crippen LogP contribution in [0.25, 0.3) is 49.9 Å². The smallest absolute Gasteiger partial charge is 0.0134 e. The molecule has 650 valence electrons. The van der Waals surface area contributed by atoms with E-state index in [0.29, 0.717) is 23.4 Å². The molecule has 125 heavy (non-hydrogen) atoms. The van der Waals surface area contributed by atoms with Gasteiger partial charge in [-0.1, -0.05) is 231 Å². The number of halogens is 3. The van der Waals surface area contributed by atoms with Gasteiger partial charge in [-0.25, -0.2) is 34.7 Å². The van der Waals surface area contributed by atoms with Crippen molar-refractivity contribution in [2.24, 2.45) is 14.1 Å². The number of nitrogens with zero attached hydrogens (tertiary/aromatic N) is 12. The number of rotatable bonds is 16. The first-order valence-electron chi connectivity index (χ1n) is 42.1. The molecule has 9 heterocycles. The molecule has 27 heteroatoms. The molecule has 0 spiro atoms. The molecule has 19 rings (SSSR count). The van der Waals surface area contributed by atoms with Crippen LogP contribution in [0.15, 0.2) is 336 Å². The summed E-state index contributed by atoms with van der Waals surface area (Å²) in [5.74, 6) is 0. The number of pyridine rings is 2. The summed E-state index contributed by atoms with van der Waals surface area (Å²) in [4.78, 5) is 19.6. The minimum Gasteiger partial charge on any atom is -0.0622 e. The van der Waals surface area contributed by atoms with Crippen molar-refractivity contribution in [3.63, 3.8) is 0 Å². The van der Waals surface area contributed by atoms with Crippen LogP contribution in [0, 0.1) is 0 Å². The molecule has 2 aliphatic carbocycles. The summed E-state index contributed by atoms with van der Waals surface area (Å²) in [7, 11) is 9.13. The number of allylic oxidation sites excluding steroid dienone is 2. The van der Waals surface area contributed by atoms with Gasteiger partial charge in [0.25, 0.3) is 20.0 Å². The van der Waals surface area contributed by atoms with Crippen LogP contribution >= 0.6 is 50.8 Å². The van der Waals surface area contributed by atoms with Gasteiger partial charge >= 0.3 is 42.1 Å². The number of hydrogen-bond acceptors (Lipinski definition) is 14. The van der Waals surface area contributed by atoms with Crippen molar-refractivity contribution in [3.8, 4) is 22.3 Å². The maximum Gasteiger partial charge on any atom is -0.0134 e. The summed E-state index contributed by atoms with van der Waals surface area (Å²) in [5.41, 5.74) is 7.31. The minimum atomic E-state index is -3.80. The second-order valence-corrected chi connectivity index (χ2v) is 43.9. The fourth-order valence-electron chi connectivity index (χ4n) is 16.2. The number of aryl methyl sites for hydroxylation is 2. The molecule has 3 aliphatic heterocycles. The Kier molecular flexibility index (Phi) is 31.8. The van der Waals surface area contributed by atoms with E-state index in [1.54, 1.807) is 94.9 Å². The van der Waals surface area contributed by atoms with E-state index in [-0.39, 0.29) is 44.1 Å². The Morgan fingerprint density at radius 1 is 0.424 bits per heavy atom. The first-order chi connectivity index (χ1) is 60.5. The van der Waals surface area contributed by atoms with Gasteiger partial charge in [0.2, 0.25) is 0 Å².